The number of ketones is 1. The molecule has 1 N–H and O–H groups in total. The lowest BCUT2D eigenvalue weighted by atomic mass is 10.2. The number of rotatable bonds is 7. The van der Waals surface area contributed by atoms with Gasteiger partial charge in [-0.05, 0) is 18.1 Å². The molecule has 106 valence electrons. The van der Waals surface area contributed by atoms with Crippen LogP contribution in [0.5, 0.6) is 0 Å². The van der Waals surface area contributed by atoms with Gasteiger partial charge in [0.25, 0.3) is 0 Å². The summed E-state index contributed by atoms with van der Waals surface area (Å²) in [7, 11) is 0. The molecule has 0 aliphatic carbocycles. The Morgan fingerprint density at radius 1 is 1.30 bits per heavy atom. The highest BCUT2D eigenvalue weighted by Gasteiger charge is 2.11. The Morgan fingerprint density at radius 2 is 2.05 bits per heavy atom. The second kappa shape index (κ2) is 6.84. The number of carbonyl (C=O) groups is 1. The van der Waals surface area contributed by atoms with Crippen molar-refractivity contribution in [1.82, 2.24) is 14.8 Å². The van der Waals surface area contributed by atoms with Crippen molar-refractivity contribution in [3.63, 3.8) is 0 Å². The summed E-state index contributed by atoms with van der Waals surface area (Å²) in [5.74, 6) is 1.32. The van der Waals surface area contributed by atoms with Gasteiger partial charge in [0.05, 0.1) is 13.0 Å². The Bertz CT molecular complexity index is 548. The first kappa shape index (κ1) is 14.2. The van der Waals surface area contributed by atoms with Crippen LogP contribution in [0.3, 0.4) is 0 Å². The molecule has 0 unspecified atom stereocenters. The van der Waals surface area contributed by atoms with Crippen LogP contribution in [0.4, 0.5) is 5.69 Å². The SMILES string of the molecule is CC(C)Cn1ncnc1CC(=O)CNc1ccccc1. The number of hydrogen-bond acceptors (Lipinski definition) is 4. The monoisotopic (exact) mass is 272 g/mol. The second-order valence-corrected chi connectivity index (χ2v) is 5.19. The molecule has 1 heterocycles. The first-order valence-corrected chi connectivity index (χ1v) is 6.82. The summed E-state index contributed by atoms with van der Waals surface area (Å²) in [4.78, 5) is 16.1. The minimum Gasteiger partial charge on any atom is -0.378 e. The number of nitrogens with one attached hydrogen (secondary N) is 1. The van der Waals surface area contributed by atoms with E-state index in [1.54, 1.807) is 0 Å². The standard InChI is InChI=1S/C15H20N4O/c1-12(2)10-19-15(17-11-18-19)8-14(20)9-16-13-6-4-3-5-7-13/h3-7,11-12,16H,8-10H2,1-2H3. The van der Waals surface area contributed by atoms with E-state index in [0.717, 1.165) is 18.1 Å². The molecule has 0 saturated heterocycles. The number of nitrogens with zero attached hydrogens (tertiary/aromatic N) is 3. The minimum absolute atomic E-state index is 0.104. The minimum atomic E-state index is 0.104. The lowest BCUT2D eigenvalue weighted by Crippen LogP contribution is -2.19. The van der Waals surface area contributed by atoms with E-state index in [1.165, 1.54) is 6.33 Å². The largest absolute Gasteiger partial charge is 0.378 e. The van der Waals surface area contributed by atoms with Crippen molar-refractivity contribution in [2.24, 2.45) is 5.92 Å². The molecule has 2 aromatic rings. The van der Waals surface area contributed by atoms with Crippen molar-refractivity contribution in [3.05, 3.63) is 42.5 Å². The summed E-state index contributed by atoms with van der Waals surface area (Å²) in [6.07, 6.45) is 1.82. The van der Waals surface area contributed by atoms with E-state index in [4.69, 9.17) is 0 Å². The summed E-state index contributed by atoms with van der Waals surface area (Å²) in [5.41, 5.74) is 0.949. The van der Waals surface area contributed by atoms with E-state index in [1.807, 2.05) is 35.0 Å². The molecule has 5 heteroatoms. The van der Waals surface area contributed by atoms with Crippen LogP contribution in [0.25, 0.3) is 0 Å². The third-order valence-electron chi connectivity index (χ3n) is 2.85. The quantitative estimate of drug-likeness (QED) is 0.839. The van der Waals surface area contributed by atoms with E-state index >= 15 is 0 Å². The van der Waals surface area contributed by atoms with E-state index in [9.17, 15) is 4.79 Å². The second-order valence-electron chi connectivity index (χ2n) is 5.19. The number of benzene rings is 1. The van der Waals surface area contributed by atoms with Crippen molar-refractivity contribution >= 4 is 11.5 Å². The molecule has 0 bridgehead atoms. The summed E-state index contributed by atoms with van der Waals surface area (Å²) < 4.78 is 1.81. The number of Topliss-reactive ketones (excluding diaryl/α,β-unsaturated/α-hetero) is 1. The molecular formula is C15H20N4O. The molecule has 0 aliphatic rings. The van der Waals surface area contributed by atoms with Gasteiger partial charge in [0.15, 0.2) is 5.78 Å². The molecule has 0 fully saturated rings. The Labute approximate surface area is 119 Å². The zero-order chi connectivity index (χ0) is 14.4. The third-order valence-corrected chi connectivity index (χ3v) is 2.85. The molecule has 1 aromatic heterocycles. The number of carbonyl (C=O) groups excluding carboxylic acids is 1. The van der Waals surface area contributed by atoms with Crippen molar-refractivity contribution in [1.29, 1.82) is 0 Å². The van der Waals surface area contributed by atoms with E-state index in [0.29, 0.717) is 18.9 Å². The Balaban J connectivity index is 1.87. The van der Waals surface area contributed by atoms with Gasteiger partial charge in [0, 0.05) is 12.2 Å². The van der Waals surface area contributed by atoms with Gasteiger partial charge in [0.2, 0.25) is 0 Å². The Kier molecular flexibility index (Phi) is 4.87. The van der Waals surface area contributed by atoms with Gasteiger partial charge in [-0.15, -0.1) is 0 Å². The highest BCUT2D eigenvalue weighted by Crippen LogP contribution is 2.05. The van der Waals surface area contributed by atoms with Crippen LogP contribution < -0.4 is 5.32 Å². The van der Waals surface area contributed by atoms with Gasteiger partial charge in [0.1, 0.15) is 12.2 Å². The summed E-state index contributed by atoms with van der Waals surface area (Å²) >= 11 is 0. The molecule has 20 heavy (non-hydrogen) atoms. The van der Waals surface area contributed by atoms with Crippen LogP contribution >= 0.6 is 0 Å². The van der Waals surface area contributed by atoms with Gasteiger partial charge in [-0.3, -0.25) is 4.79 Å². The average Bonchev–Trinajstić information content (AvgIpc) is 2.84. The van der Waals surface area contributed by atoms with Crippen LogP contribution in [0.2, 0.25) is 0 Å². The van der Waals surface area contributed by atoms with Crippen molar-refractivity contribution < 1.29 is 4.79 Å². The lowest BCUT2D eigenvalue weighted by molar-refractivity contribution is -0.116. The zero-order valence-corrected chi connectivity index (χ0v) is 11.9. The fourth-order valence-electron chi connectivity index (χ4n) is 1.92. The molecule has 0 aliphatic heterocycles. The molecule has 0 amide bonds. The van der Waals surface area contributed by atoms with Crippen LogP contribution in [0.15, 0.2) is 36.7 Å². The average molecular weight is 272 g/mol. The molecule has 1 aromatic carbocycles. The van der Waals surface area contributed by atoms with Crippen molar-refractivity contribution in [2.45, 2.75) is 26.8 Å². The molecular weight excluding hydrogens is 252 g/mol. The molecule has 0 spiro atoms. The number of anilines is 1. The van der Waals surface area contributed by atoms with Crippen molar-refractivity contribution in [2.75, 3.05) is 11.9 Å². The highest BCUT2D eigenvalue weighted by atomic mass is 16.1. The third kappa shape index (κ3) is 4.19. The van der Waals surface area contributed by atoms with Crippen LogP contribution in [0.1, 0.15) is 19.7 Å². The molecule has 0 radical (unpaired) electrons. The summed E-state index contributed by atoms with van der Waals surface area (Å²) in [6.45, 7) is 5.32. The van der Waals surface area contributed by atoms with E-state index < -0.39 is 0 Å². The van der Waals surface area contributed by atoms with Crippen LogP contribution in [-0.2, 0) is 17.8 Å². The summed E-state index contributed by atoms with van der Waals surface area (Å²) in [5, 5.41) is 7.27. The van der Waals surface area contributed by atoms with Gasteiger partial charge >= 0.3 is 0 Å². The maximum Gasteiger partial charge on any atom is 0.159 e. The fourth-order valence-corrected chi connectivity index (χ4v) is 1.92. The maximum atomic E-state index is 12.0. The topological polar surface area (TPSA) is 59.8 Å². The smallest absolute Gasteiger partial charge is 0.159 e. The molecule has 0 saturated carbocycles. The van der Waals surface area contributed by atoms with Gasteiger partial charge in [-0.2, -0.15) is 5.10 Å². The molecule has 2 rings (SSSR count). The number of aromatic nitrogens is 3. The van der Waals surface area contributed by atoms with Crippen LogP contribution in [0, 0.1) is 5.92 Å². The Hall–Kier alpha value is -2.17. The van der Waals surface area contributed by atoms with Gasteiger partial charge in [-0.1, -0.05) is 32.0 Å². The number of para-hydroxylation sites is 1. The van der Waals surface area contributed by atoms with Gasteiger partial charge in [-0.25, -0.2) is 9.67 Å². The predicted molar refractivity (Wildman–Crippen MR) is 78.5 cm³/mol. The van der Waals surface area contributed by atoms with Crippen molar-refractivity contribution in [3.8, 4) is 0 Å². The maximum absolute atomic E-state index is 12.0. The van der Waals surface area contributed by atoms with Gasteiger partial charge < -0.3 is 5.32 Å². The zero-order valence-electron chi connectivity index (χ0n) is 11.9. The fraction of sp³-hybridized carbons (Fsp3) is 0.400. The normalized spacial score (nSPS) is 10.8. The lowest BCUT2D eigenvalue weighted by Gasteiger charge is -2.09. The Morgan fingerprint density at radius 3 is 2.75 bits per heavy atom. The number of hydrogen-bond donors (Lipinski definition) is 1. The van der Waals surface area contributed by atoms with E-state index in [-0.39, 0.29) is 5.78 Å². The first-order valence-electron chi connectivity index (χ1n) is 6.82. The highest BCUT2D eigenvalue weighted by molar-refractivity contribution is 5.84. The van der Waals surface area contributed by atoms with E-state index in [2.05, 4.69) is 29.2 Å². The first-order chi connectivity index (χ1) is 9.65. The predicted octanol–water partition coefficient (Wildman–Crippen LogP) is 2.16. The van der Waals surface area contributed by atoms with Crippen LogP contribution in [-0.4, -0.2) is 27.1 Å². The molecule has 5 nitrogen and oxygen atoms in total. The summed E-state index contributed by atoms with van der Waals surface area (Å²) in [6, 6.07) is 9.70. The molecule has 0 atom stereocenters.